The summed E-state index contributed by atoms with van der Waals surface area (Å²) < 4.78 is 4.99. The van der Waals surface area contributed by atoms with E-state index in [1.807, 2.05) is 13.0 Å². The van der Waals surface area contributed by atoms with E-state index in [0.717, 1.165) is 11.4 Å². The standard InChI is InChI=1S/C14H22N4O3/c1-10-7-12(17-16-10)8-15-14(20)11-3-4-13(19)18(9-11)5-6-21-2/h7,11H,3-6,8-9H2,1-2H3,(H,15,20)(H,16,17). The second kappa shape index (κ2) is 7.21. The van der Waals surface area contributed by atoms with Gasteiger partial charge in [0.05, 0.1) is 24.8 Å². The molecule has 1 aromatic rings. The average Bonchev–Trinajstić information content (AvgIpc) is 2.89. The van der Waals surface area contributed by atoms with Gasteiger partial charge in [0.2, 0.25) is 11.8 Å². The summed E-state index contributed by atoms with van der Waals surface area (Å²) in [4.78, 5) is 25.7. The van der Waals surface area contributed by atoms with Crippen molar-refractivity contribution in [3.05, 3.63) is 17.5 Å². The highest BCUT2D eigenvalue weighted by atomic mass is 16.5. The zero-order chi connectivity index (χ0) is 15.2. The predicted octanol–water partition coefficient (Wildman–Crippen LogP) is 0.219. The number of hydrogen-bond donors (Lipinski definition) is 2. The van der Waals surface area contributed by atoms with E-state index in [2.05, 4.69) is 15.5 Å². The quantitative estimate of drug-likeness (QED) is 0.785. The van der Waals surface area contributed by atoms with Gasteiger partial charge in [0.25, 0.3) is 0 Å². The monoisotopic (exact) mass is 294 g/mol. The molecule has 116 valence electrons. The van der Waals surface area contributed by atoms with Gasteiger partial charge >= 0.3 is 0 Å². The fraction of sp³-hybridized carbons (Fsp3) is 0.643. The van der Waals surface area contributed by atoms with Crippen LogP contribution in [0.2, 0.25) is 0 Å². The maximum absolute atomic E-state index is 12.2. The number of nitrogens with one attached hydrogen (secondary N) is 2. The lowest BCUT2D eigenvalue weighted by Gasteiger charge is -2.31. The van der Waals surface area contributed by atoms with Crippen LogP contribution in [0.15, 0.2) is 6.07 Å². The number of aromatic amines is 1. The van der Waals surface area contributed by atoms with Crippen LogP contribution in [0.5, 0.6) is 0 Å². The first kappa shape index (κ1) is 15.5. The number of aromatic nitrogens is 2. The predicted molar refractivity (Wildman–Crippen MR) is 76.4 cm³/mol. The van der Waals surface area contributed by atoms with Crippen molar-refractivity contribution in [2.24, 2.45) is 5.92 Å². The Hall–Kier alpha value is -1.89. The molecule has 2 rings (SSSR count). The first-order valence-electron chi connectivity index (χ1n) is 7.15. The van der Waals surface area contributed by atoms with Crippen molar-refractivity contribution in [1.82, 2.24) is 20.4 Å². The summed E-state index contributed by atoms with van der Waals surface area (Å²) in [6, 6.07) is 1.90. The molecule has 1 atom stereocenters. The first-order valence-corrected chi connectivity index (χ1v) is 7.15. The van der Waals surface area contributed by atoms with Crippen molar-refractivity contribution < 1.29 is 14.3 Å². The highest BCUT2D eigenvalue weighted by Crippen LogP contribution is 2.17. The van der Waals surface area contributed by atoms with Crippen molar-refractivity contribution in [3.63, 3.8) is 0 Å². The van der Waals surface area contributed by atoms with Gasteiger partial charge in [-0.1, -0.05) is 0 Å². The van der Waals surface area contributed by atoms with Crippen molar-refractivity contribution >= 4 is 11.8 Å². The maximum Gasteiger partial charge on any atom is 0.225 e. The van der Waals surface area contributed by atoms with Crippen LogP contribution >= 0.6 is 0 Å². The molecule has 1 saturated heterocycles. The van der Waals surface area contributed by atoms with Crippen molar-refractivity contribution in [1.29, 1.82) is 0 Å². The molecule has 1 aliphatic rings. The molecule has 0 aromatic carbocycles. The van der Waals surface area contributed by atoms with Crippen LogP contribution in [-0.2, 0) is 20.9 Å². The number of methoxy groups -OCH3 is 1. The number of piperidine rings is 1. The lowest BCUT2D eigenvalue weighted by atomic mass is 9.96. The van der Waals surface area contributed by atoms with E-state index >= 15 is 0 Å². The van der Waals surface area contributed by atoms with E-state index < -0.39 is 0 Å². The van der Waals surface area contributed by atoms with Crippen LogP contribution in [0, 0.1) is 12.8 Å². The van der Waals surface area contributed by atoms with Gasteiger partial charge in [-0.25, -0.2) is 0 Å². The smallest absolute Gasteiger partial charge is 0.225 e. The first-order chi connectivity index (χ1) is 10.1. The van der Waals surface area contributed by atoms with Gasteiger partial charge in [-0.15, -0.1) is 0 Å². The number of carbonyl (C=O) groups is 2. The van der Waals surface area contributed by atoms with Crippen molar-refractivity contribution in [2.75, 3.05) is 26.8 Å². The maximum atomic E-state index is 12.2. The fourth-order valence-corrected chi connectivity index (χ4v) is 2.43. The number of amides is 2. The highest BCUT2D eigenvalue weighted by molar-refractivity contribution is 5.83. The normalized spacial score (nSPS) is 18.9. The summed E-state index contributed by atoms with van der Waals surface area (Å²) in [7, 11) is 1.60. The largest absolute Gasteiger partial charge is 0.383 e. The van der Waals surface area contributed by atoms with Gasteiger partial charge in [0.1, 0.15) is 0 Å². The summed E-state index contributed by atoms with van der Waals surface area (Å²) >= 11 is 0. The molecule has 1 unspecified atom stereocenters. The fourth-order valence-electron chi connectivity index (χ4n) is 2.43. The number of hydrogen-bond acceptors (Lipinski definition) is 4. The number of aryl methyl sites for hydroxylation is 1. The molecule has 7 nitrogen and oxygen atoms in total. The van der Waals surface area contributed by atoms with Gasteiger partial charge in [-0.05, 0) is 19.4 Å². The van der Waals surface area contributed by atoms with Gasteiger partial charge in [-0.3, -0.25) is 14.7 Å². The van der Waals surface area contributed by atoms with Crippen LogP contribution in [0.3, 0.4) is 0 Å². The van der Waals surface area contributed by atoms with Crippen molar-refractivity contribution in [3.8, 4) is 0 Å². The molecule has 0 aliphatic carbocycles. The van der Waals surface area contributed by atoms with Gasteiger partial charge in [-0.2, -0.15) is 5.10 Å². The second-order valence-electron chi connectivity index (χ2n) is 5.33. The van der Waals surface area contributed by atoms with Crippen LogP contribution in [0.1, 0.15) is 24.2 Å². The lowest BCUT2D eigenvalue weighted by Crippen LogP contribution is -2.46. The van der Waals surface area contributed by atoms with E-state index in [1.54, 1.807) is 12.0 Å². The molecule has 2 N–H and O–H groups in total. The minimum absolute atomic E-state index is 0.0226. The number of ether oxygens (including phenoxy) is 1. The topological polar surface area (TPSA) is 87.3 Å². The summed E-state index contributed by atoms with van der Waals surface area (Å²) in [6.45, 7) is 3.82. The zero-order valence-corrected chi connectivity index (χ0v) is 12.5. The zero-order valence-electron chi connectivity index (χ0n) is 12.5. The van der Waals surface area contributed by atoms with Crippen LogP contribution < -0.4 is 5.32 Å². The Balaban J connectivity index is 1.82. The van der Waals surface area contributed by atoms with E-state index in [-0.39, 0.29) is 17.7 Å². The Kier molecular flexibility index (Phi) is 5.32. The summed E-state index contributed by atoms with van der Waals surface area (Å²) in [5.41, 5.74) is 1.78. The van der Waals surface area contributed by atoms with Crippen LogP contribution in [-0.4, -0.2) is 53.7 Å². The number of nitrogens with zero attached hydrogens (tertiary/aromatic N) is 2. The summed E-state index contributed by atoms with van der Waals surface area (Å²) in [5.74, 6) is -0.0795. The summed E-state index contributed by atoms with van der Waals surface area (Å²) in [5, 5.41) is 9.80. The number of carbonyl (C=O) groups excluding carboxylic acids is 2. The molecule has 1 aromatic heterocycles. The van der Waals surface area contributed by atoms with Crippen LogP contribution in [0.4, 0.5) is 0 Å². The molecule has 0 radical (unpaired) electrons. The second-order valence-corrected chi connectivity index (χ2v) is 5.33. The Bertz CT molecular complexity index is 500. The third-order valence-electron chi connectivity index (χ3n) is 3.64. The van der Waals surface area contributed by atoms with Gasteiger partial charge in [0, 0.05) is 32.3 Å². The SMILES string of the molecule is COCCN1CC(C(=O)NCc2cc(C)[nH]n2)CCC1=O. The third kappa shape index (κ3) is 4.29. The number of rotatable bonds is 6. The molecule has 7 heteroatoms. The molecule has 0 saturated carbocycles. The Morgan fingerprint density at radius 2 is 2.43 bits per heavy atom. The van der Waals surface area contributed by atoms with Gasteiger partial charge in [0.15, 0.2) is 0 Å². The molecular weight excluding hydrogens is 272 g/mol. The molecule has 0 spiro atoms. The average molecular weight is 294 g/mol. The number of likely N-dealkylation sites (tertiary alicyclic amines) is 1. The van der Waals surface area contributed by atoms with E-state index in [9.17, 15) is 9.59 Å². The molecule has 1 fully saturated rings. The lowest BCUT2D eigenvalue weighted by molar-refractivity contribution is -0.138. The summed E-state index contributed by atoms with van der Waals surface area (Å²) in [6.07, 6.45) is 1.02. The molecule has 0 bridgehead atoms. The minimum Gasteiger partial charge on any atom is -0.383 e. The Morgan fingerprint density at radius 1 is 1.62 bits per heavy atom. The molecular formula is C14H22N4O3. The molecule has 21 heavy (non-hydrogen) atoms. The van der Waals surface area contributed by atoms with Crippen LogP contribution in [0.25, 0.3) is 0 Å². The number of H-pyrrole nitrogens is 1. The highest BCUT2D eigenvalue weighted by Gasteiger charge is 2.29. The molecule has 2 amide bonds. The Labute approximate surface area is 124 Å². The van der Waals surface area contributed by atoms with E-state index in [1.165, 1.54) is 0 Å². The Morgan fingerprint density at radius 3 is 3.10 bits per heavy atom. The van der Waals surface area contributed by atoms with E-state index in [0.29, 0.717) is 39.1 Å². The molecule has 1 aliphatic heterocycles. The minimum atomic E-state index is -0.153. The van der Waals surface area contributed by atoms with E-state index in [4.69, 9.17) is 4.74 Å². The molecule has 2 heterocycles. The van der Waals surface area contributed by atoms with Gasteiger partial charge < -0.3 is 15.0 Å². The third-order valence-corrected chi connectivity index (χ3v) is 3.64. The van der Waals surface area contributed by atoms with Crippen molar-refractivity contribution in [2.45, 2.75) is 26.3 Å².